The molecule has 2 atom stereocenters. The molecule has 2 unspecified atom stereocenters. The summed E-state index contributed by atoms with van der Waals surface area (Å²) in [6.07, 6.45) is 0.172. The van der Waals surface area contributed by atoms with Crippen LogP contribution >= 0.6 is 11.3 Å². The zero-order valence-corrected chi connectivity index (χ0v) is 18.8. The average Bonchev–Trinajstić information content (AvgIpc) is 3.13. The summed E-state index contributed by atoms with van der Waals surface area (Å²) in [5, 5.41) is 13.7. The van der Waals surface area contributed by atoms with Gasteiger partial charge in [0.25, 0.3) is 0 Å². The fourth-order valence-corrected chi connectivity index (χ4v) is 5.40. The summed E-state index contributed by atoms with van der Waals surface area (Å²) < 4.78 is 27.9. The molecule has 0 aliphatic heterocycles. The summed E-state index contributed by atoms with van der Waals surface area (Å²) in [7, 11) is -3.99. The van der Waals surface area contributed by atoms with Gasteiger partial charge in [0.05, 0.1) is 16.4 Å². The molecule has 1 saturated carbocycles. The molecule has 1 heterocycles. The second-order valence-electron chi connectivity index (χ2n) is 6.53. The van der Waals surface area contributed by atoms with Crippen molar-refractivity contribution in [3.8, 4) is 10.4 Å². The first-order valence-electron chi connectivity index (χ1n) is 8.37. The van der Waals surface area contributed by atoms with Crippen molar-refractivity contribution in [3.05, 3.63) is 77.7 Å². The third-order valence-corrected chi connectivity index (χ3v) is 7.26. The third-order valence-electron chi connectivity index (χ3n) is 4.81. The molecule has 0 radical (unpaired) electrons. The molecule has 0 amide bonds. The van der Waals surface area contributed by atoms with Crippen LogP contribution in [0.2, 0.25) is 0 Å². The number of carboxylic acid groups (broad SMARTS) is 1. The summed E-state index contributed by atoms with van der Waals surface area (Å²) >= 11 is 1.56. The van der Waals surface area contributed by atoms with Gasteiger partial charge in [0.15, 0.2) is 0 Å². The van der Waals surface area contributed by atoms with Gasteiger partial charge in [-0.3, -0.25) is 0 Å². The van der Waals surface area contributed by atoms with Crippen molar-refractivity contribution >= 4 is 27.3 Å². The van der Waals surface area contributed by atoms with Crippen molar-refractivity contribution in [2.24, 2.45) is 0 Å². The van der Waals surface area contributed by atoms with E-state index in [1.165, 1.54) is 12.1 Å². The van der Waals surface area contributed by atoms with Gasteiger partial charge >= 0.3 is 29.6 Å². The second-order valence-corrected chi connectivity index (χ2v) is 9.16. The molecule has 3 aromatic rings. The van der Waals surface area contributed by atoms with Crippen molar-refractivity contribution in [2.75, 3.05) is 0 Å². The topological polar surface area (TPSA) is 86.3 Å². The van der Waals surface area contributed by atoms with Crippen LogP contribution in [-0.2, 0) is 14.8 Å². The van der Waals surface area contributed by atoms with Crippen LogP contribution < -0.4 is 39.4 Å². The standard InChI is InChI=1S/C20H17NO4S2.Na/c22-19(23)20(13-17(20)14-5-2-1-3-6-14)21-27(24,25)16-10-8-15(9-11-16)18-7-4-12-26-18;/h1-12,17,21H,13H2,(H,22,23);/q;+1/p-1. The minimum absolute atomic E-state index is 0. The van der Waals surface area contributed by atoms with E-state index >= 15 is 0 Å². The molecule has 0 saturated heterocycles. The maximum Gasteiger partial charge on any atom is 1.00 e. The molecule has 0 spiro atoms. The molecule has 1 aliphatic rings. The summed E-state index contributed by atoms with van der Waals surface area (Å²) in [6, 6.07) is 19.3. The predicted octanol–water partition coefficient (Wildman–Crippen LogP) is -0.626. The summed E-state index contributed by atoms with van der Waals surface area (Å²) in [5.41, 5.74) is 0.0803. The monoisotopic (exact) mass is 421 g/mol. The Kier molecular flexibility index (Phi) is 6.14. The van der Waals surface area contributed by atoms with E-state index in [1.54, 1.807) is 47.7 Å². The van der Waals surface area contributed by atoms with Crippen LogP contribution in [0, 0.1) is 0 Å². The van der Waals surface area contributed by atoms with Gasteiger partial charge in [0.1, 0.15) is 0 Å². The molecule has 1 fully saturated rings. The summed E-state index contributed by atoms with van der Waals surface area (Å²) in [5.74, 6) is -1.85. The summed E-state index contributed by atoms with van der Waals surface area (Å²) in [4.78, 5) is 12.8. The first-order chi connectivity index (χ1) is 12.9. The van der Waals surface area contributed by atoms with E-state index in [9.17, 15) is 18.3 Å². The minimum atomic E-state index is -3.99. The molecular weight excluding hydrogens is 405 g/mol. The van der Waals surface area contributed by atoms with Crippen LogP contribution in [0.5, 0.6) is 0 Å². The molecule has 1 N–H and O–H groups in total. The Morgan fingerprint density at radius 3 is 2.29 bits per heavy atom. The van der Waals surface area contributed by atoms with Crippen molar-refractivity contribution < 1.29 is 47.9 Å². The van der Waals surface area contributed by atoms with Crippen LogP contribution in [0.3, 0.4) is 0 Å². The molecule has 1 aliphatic carbocycles. The van der Waals surface area contributed by atoms with Crippen LogP contribution in [-0.4, -0.2) is 19.9 Å². The number of carbonyl (C=O) groups is 1. The largest absolute Gasteiger partial charge is 1.00 e. The van der Waals surface area contributed by atoms with Crippen LogP contribution in [0.4, 0.5) is 0 Å². The fraction of sp³-hybridized carbons (Fsp3) is 0.150. The number of hydrogen-bond donors (Lipinski definition) is 1. The van der Waals surface area contributed by atoms with Crippen molar-refractivity contribution in [1.29, 1.82) is 0 Å². The van der Waals surface area contributed by atoms with Gasteiger partial charge < -0.3 is 9.90 Å². The Morgan fingerprint density at radius 2 is 1.71 bits per heavy atom. The molecule has 28 heavy (non-hydrogen) atoms. The third kappa shape index (κ3) is 3.96. The van der Waals surface area contributed by atoms with E-state index in [0.717, 1.165) is 16.0 Å². The Morgan fingerprint density at radius 1 is 1.04 bits per heavy atom. The molecular formula is C20H16NNaO4S2. The van der Waals surface area contributed by atoms with Crippen LogP contribution in [0.1, 0.15) is 17.9 Å². The van der Waals surface area contributed by atoms with Gasteiger partial charge in [-0.05, 0) is 41.1 Å². The number of aliphatic carboxylic acids is 1. The van der Waals surface area contributed by atoms with Crippen molar-refractivity contribution in [3.63, 3.8) is 0 Å². The number of rotatable bonds is 6. The van der Waals surface area contributed by atoms with E-state index in [1.807, 2.05) is 23.6 Å². The Hall–Kier alpha value is -1.48. The van der Waals surface area contributed by atoms with Crippen LogP contribution in [0.25, 0.3) is 10.4 Å². The summed E-state index contributed by atoms with van der Waals surface area (Å²) in [6.45, 7) is 0. The van der Waals surface area contributed by atoms with Gasteiger partial charge in [-0.25, -0.2) is 8.42 Å². The smallest absolute Gasteiger partial charge is 0.548 e. The van der Waals surface area contributed by atoms with E-state index < -0.39 is 27.4 Å². The molecule has 5 nitrogen and oxygen atoms in total. The number of nitrogens with one attached hydrogen (secondary N) is 1. The van der Waals surface area contributed by atoms with E-state index in [4.69, 9.17) is 0 Å². The van der Waals surface area contributed by atoms with Gasteiger partial charge in [-0.1, -0.05) is 48.5 Å². The Bertz CT molecular complexity index is 1070. The number of benzene rings is 2. The number of carboxylic acids is 1. The first-order valence-corrected chi connectivity index (χ1v) is 10.7. The van der Waals surface area contributed by atoms with Gasteiger partial charge in [0, 0.05) is 10.8 Å². The number of thiophene rings is 1. The van der Waals surface area contributed by atoms with Crippen molar-refractivity contribution in [2.45, 2.75) is 22.8 Å². The predicted molar refractivity (Wildman–Crippen MR) is 102 cm³/mol. The quantitative estimate of drug-likeness (QED) is 0.538. The molecule has 0 bridgehead atoms. The van der Waals surface area contributed by atoms with Crippen molar-refractivity contribution in [1.82, 2.24) is 4.72 Å². The number of sulfonamides is 1. The van der Waals surface area contributed by atoms with E-state index in [0.29, 0.717) is 0 Å². The molecule has 8 heteroatoms. The van der Waals surface area contributed by atoms with Gasteiger partial charge in [0.2, 0.25) is 10.0 Å². The average molecular weight is 421 g/mol. The normalized spacial score (nSPS) is 20.9. The first kappa shape index (κ1) is 21.2. The maximum atomic E-state index is 12.8. The molecule has 138 valence electrons. The molecule has 4 rings (SSSR count). The number of hydrogen-bond acceptors (Lipinski definition) is 5. The fourth-order valence-electron chi connectivity index (χ4n) is 3.27. The number of carbonyl (C=O) groups excluding carboxylic acids is 1. The SMILES string of the molecule is O=C([O-])C1(NS(=O)(=O)c2ccc(-c3cccs3)cc2)CC1c1ccccc1.[Na+]. The zero-order valence-electron chi connectivity index (χ0n) is 15.2. The van der Waals surface area contributed by atoms with Gasteiger partial charge in [-0.15, -0.1) is 11.3 Å². The van der Waals surface area contributed by atoms with Crippen LogP contribution in [0.15, 0.2) is 77.0 Å². The zero-order chi connectivity index (χ0) is 19.1. The Labute approximate surface area is 189 Å². The minimum Gasteiger partial charge on any atom is -0.548 e. The molecule has 1 aromatic heterocycles. The van der Waals surface area contributed by atoms with E-state index in [-0.39, 0.29) is 40.9 Å². The Balaban J connectivity index is 0.00000225. The molecule has 2 aromatic carbocycles. The van der Waals surface area contributed by atoms with E-state index in [2.05, 4.69) is 4.72 Å². The second kappa shape index (κ2) is 8.10. The maximum absolute atomic E-state index is 12.8. The van der Waals surface area contributed by atoms with Gasteiger partial charge in [-0.2, -0.15) is 4.72 Å².